The SMILES string of the molecule is CCc1ccc(C(=O)NNC(=O)C[C@@H]2OC(=O)c3ccccc32)cc1. The molecule has 2 aromatic carbocycles. The number of rotatable bonds is 4. The maximum Gasteiger partial charge on any atom is 0.339 e. The number of nitrogens with one attached hydrogen (secondary N) is 2. The molecule has 2 amide bonds. The Morgan fingerprint density at radius 2 is 1.76 bits per heavy atom. The molecule has 0 saturated heterocycles. The van der Waals surface area contributed by atoms with E-state index in [4.69, 9.17) is 4.74 Å². The summed E-state index contributed by atoms with van der Waals surface area (Å²) in [7, 11) is 0. The van der Waals surface area contributed by atoms with Crippen LogP contribution in [0.3, 0.4) is 0 Å². The summed E-state index contributed by atoms with van der Waals surface area (Å²) in [5, 5.41) is 0. The predicted octanol–water partition coefficient (Wildman–Crippen LogP) is 2.31. The molecule has 6 nitrogen and oxygen atoms in total. The Hall–Kier alpha value is -3.15. The number of esters is 1. The first kappa shape index (κ1) is 16.7. The highest BCUT2D eigenvalue weighted by Gasteiger charge is 2.32. The molecule has 25 heavy (non-hydrogen) atoms. The molecule has 0 aromatic heterocycles. The highest BCUT2D eigenvalue weighted by atomic mass is 16.5. The smallest absolute Gasteiger partial charge is 0.339 e. The summed E-state index contributed by atoms with van der Waals surface area (Å²) in [6, 6.07) is 14.1. The first-order valence-electron chi connectivity index (χ1n) is 8.06. The van der Waals surface area contributed by atoms with E-state index in [0.29, 0.717) is 16.7 Å². The van der Waals surface area contributed by atoms with Crippen LogP contribution in [0.15, 0.2) is 48.5 Å². The van der Waals surface area contributed by atoms with E-state index in [2.05, 4.69) is 10.9 Å². The zero-order valence-electron chi connectivity index (χ0n) is 13.7. The molecule has 2 aromatic rings. The van der Waals surface area contributed by atoms with Gasteiger partial charge in [0.25, 0.3) is 5.91 Å². The summed E-state index contributed by atoms with van der Waals surface area (Å²) in [5.41, 5.74) is 7.46. The topological polar surface area (TPSA) is 84.5 Å². The number of amides is 2. The van der Waals surface area contributed by atoms with Gasteiger partial charge in [-0.05, 0) is 30.2 Å². The Bertz CT molecular complexity index is 814. The van der Waals surface area contributed by atoms with Crippen molar-refractivity contribution in [2.24, 2.45) is 0 Å². The van der Waals surface area contributed by atoms with Crippen molar-refractivity contribution in [2.45, 2.75) is 25.9 Å². The number of benzene rings is 2. The van der Waals surface area contributed by atoms with Gasteiger partial charge in [-0.2, -0.15) is 0 Å². The van der Waals surface area contributed by atoms with Crippen molar-refractivity contribution in [2.75, 3.05) is 0 Å². The van der Waals surface area contributed by atoms with Gasteiger partial charge in [0.15, 0.2) is 0 Å². The normalized spacial score (nSPS) is 15.2. The molecule has 2 N–H and O–H groups in total. The van der Waals surface area contributed by atoms with Gasteiger partial charge in [0.2, 0.25) is 5.91 Å². The van der Waals surface area contributed by atoms with Gasteiger partial charge in [0, 0.05) is 11.1 Å². The molecule has 0 radical (unpaired) electrons. The Morgan fingerprint density at radius 1 is 1.04 bits per heavy atom. The van der Waals surface area contributed by atoms with Crippen LogP contribution in [0.2, 0.25) is 0 Å². The summed E-state index contributed by atoms with van der Waals surface area (Å²) in [6.07, 6.45) is 0.197. The standard InChI is InChI=1S/C19H18N2O4/c1-2-12-7-9-13(10-8-12)18(23)21-20-17(22)11-16-14-5-3-4-6-15(14)19(24)25-16/h3-10,16H,2,11H2,1H3,(H,20,22)(H,21,23)/t16-/m0/s1. The third-order valence-corrected chi connectivity index (χ3v) is 4.09. The lowest BCUT2D eigenvalue weighted by atomic mass is 10.0. The van der Waals surface area contributed by atoms with Crippen molar-refractivity contribution in [3.05, 3.63) is 70.8 Å². The summed E-state index contributed by atoms with van der Waals surface area (Å²) in [6.45, 7) is 2.03. The fraction of sp³-hybridized carbons (Fsp3) is 0.211. The average molecular weight is 338 g/mol. The van der Waals surface area contributed by atoms with Crippen LogP contribution in [0.1, 0.15) is 51.3 Å². The van der Waals surface area contributed by atoms with Gasteiger partial charge < -0.3 is 4.74 Å². The number of fused-ring (bicyclic) bond motifs is 1. The fourth-order valence-corrected chi connectivity index (χ4v) is 2.68. The molecular formula is C19H18N2O4. The Morgan fingerprint density at radius 3 is 2.48 bits per heavy atom. The van der Waals surface area contributed by atoms with Crippen LogP contribution in [-0.2, 0) is 16.0 Å². The minimum atomic E-state index is -0.635. The molecule has 3 rings (SSSR count). The number of hydrogen-bond acceptors (Lipinski definition) is 4. The Kier molecular flexibility index (Phi) is 4.79. The van der Waals surface area contributed by atoms with Crippen LogP contribution in [0, 0.1) is 0 Å². The van der Waals surface area contributed by atoms with Gasteiger partial charge in [-0.15, -0.1) is 0 Å². The summed E-state index contributed by atoms with van der Waals surface area (Å²) >= 11 is 0. The molecule has 0 saturated carbocycles. The van der Waals surface area contributed by atoms with Gasteiger partial charge in [-0.3, -0.25) is 20.4 Å². The van der Waals surface area contributed by atoms with Crippen LogP contribution in [0.25, 0.3) is 0 Å². The maximum absolute atomic E-state index is 12.0. The molecule has 1 aliphatic heterocycles. The zero-order chi connectivity index (χ0) is 17.8. The van der Waals surface area contributed by atoms with Crippen LogP contribution in [0.5, 0.6) is 0 Å². The molecule has 0 fully saturated rings. The van der Waals surface area contributed by atoms with E-state index in [1.54, 1.807) is 36.4 Å². The minimum absolute atomic E-state index is 0.0577. The third-order valence-electron chi connectivity index (χ3n) is 4.09. The molecular weight excluding hydrogens is 320 g/mol. The zero-order valence-corrected chi connectivity index (χ0v) is 13.7. The van der Waals surface area contributed by atoms with E-state index in [1.807, 2.05) is 19.1 Å². The van der Waals surface area contributed by atoms with Gasteiger partial charge in [-0.25, -0.2) is 4.79 Å². The van der Waals surface area contributed by atoms with Crippen molar-refractivity contribution < 1.29 is 19.1 Å². The number of aryl methyl sites for hydroxylation is 1. The van der Waals surface area contributed by atoms with Crippen molar-refractivity contribution in [1.29, 1.82) is 0 Å². The van der Waals surface area contributed by atoms with Crippen LogP contribution >= 0.6 is 0 Å². The van der Waals surface area contributed by atoms with Crippen LogP contribution in [0.4, 0.5) is 0 Å². The van der Waals surface area contributed by atoms with Crippen molar-refractivity contribution >= 4 is 17.8 Å². The van der Waals surface area contributed by atoms with Crippen LogP contribution < -0.4 is 10.9 Å². The molecule has 1 aliphatic rings. The molecule has 1 atom stereocenters. The van der Waals surface area contributed by atoms with Gasteiger partial charge in [0.05, 0.1) is 12.0 Å². The van der Waals surface area contributed by atoms with Gasteiger partial charge in [0.1, 0.15) is 6.10 Å². The number of hydrazine groups is 1. The minimum Gasteiger partial charge on any atom is -0.453 e. The van der Waals surface area contributed by atoms with Crippen molar-refractivity contribution in [3.8, 4) is 0 Å². The van der Waals surface area contributed by atoms with E-state index in [-0.39, 0.29) is 6.42 Å². The summed E-state index contributed by atoms with van der Waals surface area (Å²) in [5.74, 6) is -1.28. The maximum atomic E-state index is 12.0. The molecule has 0 aliphatic carbocycles. The fourth-order valence-electron chi connectivity index (χ4n) is 2.68. The largest absolute Gasteiger partial charge is 0.453 e. The second-order valence-corrected chi connectivity index (χ2v) is 5.74. The van der Waals surface area contributed by atoms with Crippen molar-refractivity contribution in [3.63, 3.8) is 0 Å². The predicted molar refractivity (Wildman–Crippen MR) is 90.6 cm³/mol. The molecule has 0 bridgehead atoms. The number of hydrogen-bond donors (Lipinski definition) is 2. The summed E-state index contributed by atoms with van der Waals surface area (Å²) in [4.78, 5) is 35.8. The molecule has 0 unspecified atom stereocenters. The lowest BCUT2D eigenvalue weighted by Gasteiger charge is -2.12. The van der Waals surface area contributed by atoms with E-state index in [0.717, 1.165) is 12.0 Å². The van der Waals surface area contributed by atoms with E-state index in [9.17, 15) is 14.4 Å². The monoisotopic (exact) mass is 338 g/mol. The molecule has 128 valence electrons. The second kappa shape index (κ2) is 7.17. The van der Waals surface area contributed by atoms with E-state index < -0.39 is 23.9 Å². The quantitative estimate of drug-likeness (QED) is 0.662. The number of cyclic esters (lactones) is 1. The van der Waals surface area contributed by atoms with Crippen molar-refractivity contribution in [1.82, 2.24) is 10.9 Å². The molecule has 6 heteroatoms. The first-order valence-corrected chi connectivity index (χ1v) is 8.06. The molecule has 0 spiro atoms. The highest BCUT2D eigenvalue weighted by Crippen LogP contribution is 2.32. The number of carbonyl (C=O) groups is 3. The first-order chi connectivity index (χ1) is 12.1. The highest BCUT2D eigenvalue weighted by molar-refractivity contribution is 5.96. The number of carbonyl (C=O) groups excluding carboxylic acids is 3. The number of ether oxygens (including phenoxy) is 1. The van der Waals surface area contributed by atoms with Crippen LogP contribution in [-0.4, -0.2) is 17.8 Å². The summed E-state index contributed by atoms with van der Waals surface area (Å²) < 4.78 is 5.21. The van der Waals surface area contributed by atoms with Gasteiger partial charge in [-0.1, -0.05) is 37.3 Å². The lowest BCUT2D eigenvalue weighted by molar-refractivity contribution is -0.123. The average Bonchev–Trinajstić information content (AvgIpc) is 2.96. The molecule has 1 heterocycles. The Labute approximate surface area is 145 Å². The third kappa shape index (κ3) is 3.68. The van der Waals surface area contributed by atoms with E-state index in [1.165, 1.54) is 0 Å². The lowest BCUT2D eigenvalue weighted by Crippen LogP contribution is -2.42. The Balaban J connectivity index is 1.55. The van der Waals surface area contributed by atoms with E-state index >= 15 is 0 Å². The van der Waals surface area contributed by atoms with Gasteiger partial charge >= 0.3 is 5.97 Å². The second-order valence-electron chi connectivity index (χ2n) is 5.74.